The van der Waals surface area contributed by atoms with Gasteiger partial charge in [0.2, 0.25) is 5.88 Å². The van der Waals surface area contributed by atoms with E-state index in [1.54, 1.807) is 12.1 Å². The summed E-state index contributed by atoms with van der Waals surface area (Å²) in [6.07, 6.45) is 1.67. The highest BCUT2D eigenvalue weighted by atomic mass is 79.9. The summed E-state index contributed by atoms with van der Waals surface area (Å²) >= 11 is 3.25. The average Bonchev–Trinajstić information content (AvgIpc) is 1.99. The number of halogens is 1. The van der Waals surface area contributed by atoms with Crippen molar-refractivity contribution in [2.45, 2.75) is 6.92 Å². The highest BCUT2D eigenvalue weighted by molar-refractivity contribution is 9.10. The van der Waals surface area contributed by atoms with Crippen LogP contribution in [0.15, 0.2) is 23.3 Å². The van der Waals surface area contributed by atoms with E-state index in [0.717, 1.165) is 4.60 Å². The van der Waals surface area contributed by atoms with E-state index in [1.807, 2.05) is 6.92 Å². The summed E-state index contributed by atoms with van der Waals surface area (Å²) in [4.78, 5) is 8.10. The fourth-order valence-corrected chi connectivity index (χ4v) is 1.18. The molecule has 0 unspecified atom stereocenters. The molecule has 3 nitrogen and oxygen atoms in total. The minimum Gasteiger partial charge on any atom is -0.473 e. The average molecular weight is 229 g/mol. The Hall–Kier alpha value is -0.900. The predicted octanol–water partition coefficient (Wildman–Crippen LogP) is 2.11. The lowest BCUT2D eigenvalue weighted by atomic mass is 10.6. The molecule has 1 rings (SSSR count). The molecular formula is C8H9BrN2O. The van der Waals surface area contributed by atoms with E-state index in [9.17, 15) is 0 Å². The summed E-state index contributed by atoms with van der Waals surface area (Å²) in [7, 11) is 0. The van der Waals surface area contributed by atoms with Gasteiger partial charge in [0, 0.05) is 6.07 Å². The molecule has 64 valence electrons. The van der Waals surface area contributed by atoms with Crippen LogP contribution in [0.2, 0.25) is 0 Å². The Bertz CT molecular complexity index is 268. The molecule has 1 aromatic heterocycles. The van der Waals surface area contributed by atoms with Crippen molar-refractivity contribution >= 4 is 15.9 Å². The van der Waals surface area contributed by atoms with Gasteiger partial charge in [0.1, 0.15) is 17.0 Å². The number of hydrogen-bond donors (Lipinski definition) is 0. The van der Waals surface area contributed by atoms with Gasteiger partial charge in [-0.25, -0.2) is 4.98 Å². The zero-order valence-electron chi connectivity index (χ0n) is 6.75. The fraction of sp³-hybridized carbons (Fsp3) is 0.250. The molecule has 0 aliphatic heterocycles. The number of ether oxygens (including phenoxy) is 1. The van der Waals surface area contributed by atoms with Crippen molar-refractivity contribution in [1.82, 2.24) is 9.97 Å². The van der Waals surface area contributed by atoms with E-state index in [4.69, 9.17) is 4.74 Å². The molecule has 0 spiro atoms. The van der Waals surface area contributed by atoms with Crippen LogP contribution in [0.1, 0.15) is 5.82 Å². The first kappa shape index (κ1) is 9.19. The standard InChI is InChI=1S/C8H9BrN2O/c1-3-4-12-8-5-7(9)10-6(2)11-8/h3,5H,1,4H2,2H3. The van der Waals surface area contributed by atoms with E-state index >= 15 is 0 Å². The van der Waals surface area contributed by atoms with Crippen LogP contribution >= 0.6 is 15.9 Å². The third-order valence-corrected chi connectivity index (χ3v) is 1.54. The highest BCUT2D eigenvalue weighted by Crippen LogP contribution is 2.13. The Morgan fingerprint density at radius 2 is 2.42 bits per heavy atom. The van der Waals surface area contributed by atoms with E-state index in [1.165, 1.54) is 0 Å². The van der Waals surface area contributed by atoms with Gasteiger partial charge in [-0.1, -0.05) is 12.7 Å². The van der Waals surface area contributed by atoms with Crippen molar-refractivity contribution in [3.8, 4) is 5.88 Å². The Kier molecular flexibility index (Phi) is 3.22. The van der Waals surface area contributed by atoms with Crippen LogP contribution in [-0.4, -0.2) is 16.6 Å². The molecule has 0 radical (unpaired) electrons. The fourth-order valence-electron chi connectivity index (χ4n) is 0.724. The Balaban J connectivity index is 2.78. The molecule has 12 heavy (non-hydrogen) atoms. The van der Waals surface area contributed by atoms with Gasteiger partial charge in [0.15, 0.2) is 0 Å². The van der Waals surface area contributed by atoms with Gasteiger partial charge >= 0.3 is 0 Å². The first-order valence-electron chi connectivity index (χ1n) is 3.47. The van der Waals surface area contributed by atoms with Crippen LogP contribution in [0.5, 0.6) is 5.88 Å². The third-order valence-electron chi connectivity index (χ3n) is 1.13. The number of aryl methyl sites for hydroxylation is 1. The molecule has 0 N–H and O–H groups in total. The minimum absolute atomic E-state index is 0.461. The summed E-state index contributed by atoms with van der Waals surface area (Å²) in [5, 5.41) is 0. The monoisotopic (exact) mass is 228 g/mol. The van der Waals surface area contributed by atoms with Crippen LogP contribution in [0.3, 0.4) is 0 Å². The molecule has 0 aromatic carbocycles. The first-order chi connectivity index (χ1) is 5.72. The van der Waals surface area contributed by atoms with Crippen LogP contribution in [-0.2, 0) is 0 Å². The van der Waals surface area contributed by atoms with Crippen molar-refractivity contribution in [3.05, 3.63) is 29.1 Å². The smallest absolute Gasteiger partial charge is 0.218 e. The number of rotatable bonds is 3. The summed E-state index contributed by atoms with van der Waals surface area (Å²) in [5.74, 6) is 1.25. The number of nitrogens with zero attached hydrogens (tertiary/aromatic N) is 2. The van der Waals surface area contributed by atoms with E-state index < -0.39 is 0 Å². The van der Waals surface area contributed by atoms with Crippen molar-refractivity contribution in [2.24, 2.45) is 0 Å². The zero-order chi connectivity index (χ0) is 8.97. The lowest BCUT2D eigenvalue weighted by Crippen LogP contribution is -1.98. The van der Waals surface area contributed by atoms with Crippen LogP contribution < -0.4 is 4.74 Å². The second-order valence-electron chi connectivity index (χ2n) is 2.18. The predicted molar refractivity (Wildman–Crippen MR) is 50.2 cm³/mol. The van der Waals surface area contributed by atoms with Gasteiger partial charge in [-0.3, -0.25) is 0 Å². The third kappa shape index (κ3) is 2.62. The molecule has 1 heterocycles. The molecule has 4 heteroatoms. The molecule has 0 aliphatic carbocycles. The summed E-state index contributed by atoms with van der Waals surface area (Å²) in [6.45, 7) is 5.81. The maximum absolute atomic E-state index is 5.22. The molecular weight excluding hydrogens is 220 g/mol. The molecule has 0 amide bonds. The van der Waals surface area contributed by atoms with Gasteiger partial charge in [-0.15, -0.1) is 0 Å². The topological polar surface area (TPSA) is 35.0 Å². The SMILES string of the molecule is C=CCOc1cc(Br)nc(C)n1. The minimum atomic E-state index is 0.461. The number of hydrogen-bond acceptors (Lipinski definition) is 3. The van der Waals surface area contributed by atoms with Crippen molar-refractivity contribution in [2.75, 3.05) is 6.61 Å². The molecule has 0 aliphatic rings. The molecule has 1 aromatic rings. The van der Waals surface area contributed by atoms with Crippen LogP contribution in [0.4, 0.5) is 0 Å². The van der Waals surface area contributed by atoms with Crippen LogP contribution in [0, 0.1) is 6.92 Å². The van der Waals surface area contributed by atoms with Gasteiger partial charge in [-0.05, 0) is 22.9 Å². The Labute approximate surface area is 79.6 Å². The zero-order valence-corrected chi connectivity index (χ0v) is 8.34. The van der Waals surface area contributed by atoms with E-state index in [0.29, 0.717) is 18.3 Å². The second kappa shape index (κ2) is 4.21. The van der Waals surface area contributed by atoms with Crippen molar-refractivity contribution < 1.29 is 4.74 Å². The largest absolute Gasteiger partial charge is 0.473 e. The van der Waals surface area contributed by atoms with Gasteiger partial charge in [-0.2, -0.15) is 4.98 Å². The van der Waals surface area contributed by atoms with Crippen LogP contribution in [0.25, 0.3) is 0 Å². The van der Waals surface area contributed by atoms with Gasteiger partial charge in [0.25, 0.3) is 0 Å². The Morgan fingerprint density at radius 3 is 3.00 bits per heavy atom. The Morgan fingerprint density at radius 1 is 1.67 bits per heavy atom. The molecule has 0 saturated heterocycles. The molecule has 0 bridgehead atoms. The van der Waals surface area contributed by atoms with Crippen molar-refractivity contribution in [3.63, 3.8) is 0 Å². The quantitative estimate of drug-likeness (QED) is 0.588. The molecule has 0 saturated carbocycles. The van der Waals surface area contributed by atoms with Gasteiger partial charge < -0.3 is 4.74 Å². The second-order valence-corrected chi connectivity index (χ2v) is 2.99. The van der Waals surface area contributed by atoms with Gasteiger partial charge in [0.05, 0.1) is 0 Å². The molecule has 0 atom stereocenters. The van der Waals surface area contributed by atoms with Crippen molar-refractivity contribution in [1.29, 1.82) is 0 Å². The molecule has 0 fully saturated rings. The lowest BCUT2D eigenvalue weighted by Gasteiger charge is -2.02. The maximum atomic E-state index is 5.22. The van der Waals surface area contributed by atoms with E-state index in [2.05, 4.69) is 32.5 Å². The number of aromatic nitrogens is 2. The normalized spacial score (nSPS) is 9.50. The maximum Gasteiger partial charge on any atom is 0.218 e. The highest BCUT2D eigenvalue weighted by Gasteiger charge is 1.98. The lowest BCUT2D eigenvalue weighted by molar-refractivity contribution is 0.346. The van der Waals surface area contributed by atoms with E-state index in [-0.39, 0.29) is 0 Å². The first-order valence-corrected chi connectivity index (χ1v) is 4.26. The summed E-state index contributed by atoms with van der Waals surface area (Å²) < 4.78 is 5.95. The summed E-state index contributed by atoms with van der Waals surface area (Å²) in [6, 6.07) is 1.72. The summed E-state index contributed by atoms with van der Waals surface area (Å²) in [5.41, 5.74) is 0.